The molecule has 1 atom stereocenters. The van der Waals surface area contributed by atoms with Crippen LogP contribution in [-0.2, 0) is 0 Å². The number of hydrogen-bond donors (Lipinski definition) is 2. The molecule has 0 radical (unpaired) electrons. The molecule has 0 aliphatic carbocycles. The van der Waals surface area contributed by atoms with Crippen molar-refractivity contribution in [2.24, 2.45) is 0 Å². The molecular weight excluding hydrogens is 206 g/mol. The summed E-state index contributed by atoms with van der Waals surface area (Å²) >= 11 is 0. The van der Waals surface area contributed by atoms with E-state index in [1.54, 1.807) is 18.2 Å². The van der Waals surface area contributed by atoms with Crippen molar-refractivity contribution in [1.29, 1.82) is 0 Å². The SMILES string of the molecule is COc1cc(OC2CCCNC2)ccc1O. The van der Waals surface area contributed by atoms with E-state index in [4.69, 9.17) is 9.47 Å². The van der Waals surface area contributed by atoms with Crippen molar-refractivity contribution in [3.63, 3.8) is 0 Å². The Morgan fingerprint density at radius 2 is 2.31 bits per heavy atom. The van der Waals surface area contributed by atoms with Crippen LogP contribution in [0.1, 0.15) is 12.8 Å². The molecule has 1 unspecified atom stereocenters. The van der Waals surface area contributed by atoms with E-state index in [9.17, 15) is 5.11 Å². The average Bonchev–Trinajstić information content (AvgIpc) is 2.33. The average molecular weight is 223 g/mol. The Kier molecular flexibility index (Phi) is 3.51. The fourth-order valence-corrected chi connectivity index (χ4v) is 1.84. The van der Waals surface area contributed by atoms with E-state index in [2.05, 4.69) is 5.32 Å². The lowest BCUT2D eigenvalue weighted by Crippen LogP contribution is -2.37. The Balaban J connectivity index is 2.03. The molecule has 1 aromatic carbocycles. The predicted octanol–water partition coefficient (Wildman–Crippen LogP) is 1.53. The zero-order valence-electron chi connectivity index (χ0n) is 9.40. The molecule has 0 spiro atoms. The molecule has 2 rings (SSSR count). The van der Waals surface area contributed by atoms with E-state index in [0.717, 1.165) is 31.7 Å². The Morgan fingerprint density at radius 1 is 1.44 bits per heavy atom. The molecule has 0 aromatic heterocycles. The summed E-state index contributed by atoms with van der Waals surface area (Å²) in [6.45, 7) is 1.95. The molecule has 1 aliphatic rings. The van der Waals surface area contributed by atoms with E-state index < -0.39 is 0 Å². The number of phenolic OH excluding ortho intramolecular Hbond substituents is 1. The summed E-state index contributed by atoms with van der Waals surface area (Å²) in [5.41, 5.74) is 0. The highest BCUT2D eigenvalue weighted by Gasteiger charge is 2.15. The number of aromatic hydroxyl groups is 1. The standard InChI is InChI=1S/C12H17NO3/c1-15-12-7-9(4-5-11(12)14)16-10-3-2-6-13-8-10/h4-5,7,10,13-14H,2-3,6,8H2,1H3. The number of phenols is 1. The Labute approximate surface area is 95.2 Å². The number of piperidine rings is 1. The predicted molar refractivity (Wildman–Crippen MR) is 61.2 cm³/mol. The minimum Gasteiger partial charge on any atom is -0.504 e. The van der Waals surface area contributed by atoms with Crippen molar-refractivity contribution in [2.75, 3.05) is 20.2 Å². The molecule has 0 amide bonds. The molecule has 1 saturated heterocycles. The van der Waals surface area contributed by atoms with E-state index in [-0.39, 0.29) is 11.9 Å². The third kappa shape index (κ3) is 2.58. The van der Waals surface area contributed by atoms with Crippen LogP contribution >= 0.6 is 0 Å². The quantitative estimate of drug-likeness (QED) is 0.816. The number of benzene rings is 1. The Bertz CT molecular complexity index is 348. The van der Waals surface area contributed by atoms with Crippen molar-refractivity contribution in [2.45, 2.75) is 18.9 Å². The number of ether oxygens (including phenoxy) is 2. The van der Waals surface area contributed by atoms with Crippen LogP contribution in [0.25, 0.3) is 0 Å². The van der Waals surface area contributed by atoms with Crippen molar-refractivity contribution < 1.29 is 14.6 Å². The van der Waals surface area contributed by atoms with Crippen LogP contribution in [0.3, 0.4) is 0 Å². The molecule has 2 N–H and O–H groups in total. The van der Waals surface area contributed by atoms with E-state index >= 15 is 0 Å². The van der Waals surface area contributed by atoms with Gasteiger partial charge in [-0.05, 0) is 31.5 Å². The van der Waals surface area contributed by atoms with E-state index in [1.807, 2.05) is 0 Å². The topological polar surface area (TPSA) is 50.7 Å². The maximum Gasteiger partial charge on any atom is 0.164 e. The molecule has 4 heteroatoms. The van der Waals surface area contributed by atoms with Crippen molar-refractivity contribution >= 4 is 0 Å². The first-order valence-corrected chi connectivity index (χ1v) is 5.54. The van der Waals surface area contributed by atoms with Gasteiger partial charge in [0.05, 0.1) is 7.11 Å². The summed E-state index contributed by atoms with van der Waals surface area (Å²) < 4.78 is 10.8. The number of rotatable bonds is 3. The summed E-state index contributed by atoms with van der Waals surface area (Å²) in [6.07, 6.45) is 2.42. The lowest BCUT2D eigenvalue weighted by Gasteiger charge is -2.24. The number of methoxy groups -OCH3 is 1. The van der Waals surface area contributed by atoms with Crippen LogP contribution in [0, 0.1) is 0 Å². The lowest BCUT2D eigenvalue weighted by atomic mass is 10.1. The normalized spacial score (nSPS) is 20.4. The highest BCUT2D eigenvalue weighted by molar-refractivity contribution is 5.44. The van der Waals surface area contributed by atoms with Gasteiger partial charge in [0.25, 0.3) is 0 Å². The van der Waals surface area contributed by atoms with Gasteiger partial charge in [0.2, 0.25) is 0 Å². The van der Waals surface area contributed by atoms with Crippen molar-refractivity contribution in [3.05, 3.63) is 18.2 Å². The van der Waals surface area contributed by atoms with Gasteiger partial charge in [-0.2, -0.15) is 0 Å². The van der Waals surface area contributed by atoms with Crippen molar-refractivity contribution in [1.82, 2.24) is 5.32 Å². The van der Waals surface area contributed by atoms with Crippen LogP contribution in [0.4, 0.5) is 0 Å². The molecule has 1 fully saturated rings. The smallest absolute Gasteiger partial charge is 0.164 e. The first-order chi connectivity index (χ1) is 7.79. The fraction of sp³-hybridized carbons (Fsp3) is 0.500. The number of nitrogens with one attached hydrogen (secondary N) is 1. The maximum absolute atomic E-state index is 9.45. The summed E-state index contributed by atoms with van der Waals surface area (Å²) in [6, 6.07) is 5.06. The molecular formula is C12H17NO3. The van der Waals surface area contributed by atoms with Gasteiger partial charge in [-0.25, -0.2) is 0 Å². The van der Waals surface area contributed by atoms with Crippen LogP contribution < -0.4 is 14.8 Å². The third-order valence-electron chi connectivity index (χ3n) is 2.71. The summed E-state index contributed by atoms with van der Waals surface area (Å²) in [4.78, 5) is 0. The second-order valence-corrected chi connectivity index (χ2v) is 3.92. The maximum atomic E-state index is 9.45. The lowest BCUT2D eigenvalue weighted by molar-refractivity contribution is 0.166. The van der Waals surface area contributed by atoms with Crippen LogP contribution in [-0.4, -0.2) is 31.4 Å². The Morgan fingerprint density at radius 3 is 3.00 bits per heavy atom. The number of hydrogen-bond acceptors (Lipinski definition) is 4. The molecule has 1 heterocycles. The first-order valence-electron chi connectivity index (χ1n) is 5.54. The van der Waals surface area contributed by atoms with Gasteiger partial charge in [-0.1, -0.05) is 0 Å². The second-order valence-electron chi connectivity index (χ2n) is 3.92. The van der Waals surface area contributed by atoms with Crippen LogP contribution in [0.15, 0.2) is 18.2 Å². The molecule has 88 valence electrons. The molecule has 4 nitrogen and oxygen atoms in total. The van der Waals surface area contributed by atoms with Crippen LogP contribution in [0.2, 0.25) is 0 Å². The van der Waals surface area contributed by atoms with Crippen molar-refractivity contribution in [3.8, 4) is 17.2 Å². The minimum absolute atomic E-state index is 0.136. The summed E-state index contributed by atoms with van der Waals surface area (Å²) in [5.74, 6) is 1.32. The van der Waals surface area contributed by atoms with Gasteiger partial charge in [0.1, 0.15) is 11.9 Å². The first kappa shape index (κ1) is 11.1. The largest absolute Gasteiger partial charge is 0.504 e. The molecule has 16 heavy (non-hydrogen) atoms. The molecule has 0 bridgehead atoms. The summed E-state index contributed by atoms with van der Waals surface area (Å²) in [7, 11) is 1.53. The van der Waals surface area contributed by atoms with E-state index in [1.165, 1.54) is 7.11 Å². The van der Waals surface area contributed by atoms with Gasteiger partial charge in [-0.15, -0.1) is 0 Å². The zero-order chi connectivity index (χ0) is 11.4. The highest BCUT2D eigenvalue weighted by Crippen LogP contribution is 2.30. The molecule has 0 saturated carbocycles. The molecule has 1 aliphatic heterocycles. The summed E-state index contributed by atoms with van der Waals surface area (Å²) in [5, 5.41) is 12.7. The monoisotopic (exact) mass is 223 g/mol. The Hall–Kier alpha value is -1.42. The third-order valence-corrected chi connectivity index (χ3v) is 2.71. The van der Waals surface area contributed by atoms with E-state index in [0.29, 0.717) is 5.75 Å². The fourth-order valence-electron chi connectivity index (χ4n) is 1.84. The molecule has 1 aromatic rings. The second kappa shape index (κ2) is 5.07. The van der Waals surface area contributed by atoms with Gasteiger partial charge < -0.3 is 19.9 Å². The van der Waals surface area contributed by atoms with Gasteiger partial charge in [0.15, 0.2) is 11.5 Å². The van der Waals surface area contributed by atoms with Gasteiger partial charge >= 0.3 is 0 Å². The highest BCUT2D eigenvalue weighted by atomic mass is 16.5. The van der Waals surface area contributed by atoms with Gasteiger partial charge in [0, 0.05) is 12.6 Å². The van der Waals surface area contributed by atoms with Gasteiger partial charge in [-0.3, -0.25) is 0 Å². The minimum atomic E-state index is 0.136. The van der Waals surface area contributed by atoms with Crippen LogP contribution in [0.5, 0.6) is 17.2 Å². The zero-order valence-corrected chi connectivity index (χ0v) is 9.40.